The molecular formula is C14H17N5O2. The lowest BCUT2D eigenvalue weighted by Gasteiger charge is -2.28. The predicted octanol–water partition coefficient (Wildman–Crippen LogP) is 1.51. The Morgan fingerprint density at radius 1 is 1.48 bits per heavy atom. The van der Waals surface area contributed by atoms with Crippen molar-refractivity contribution in [3.8, 4) is 11.4 Å². The lowest BCUT2D eigenvalue weighted by atomic mass is 10.0. The summed E-state index contributed by atoms with van der Waals surface area (Å²) in [5.74, 6) is 0.833. The molecule has 7 nitrogen and oxygen atoms in total. The molecule has 1 N–H and O–H groups in total. The van der Waals surface area contributed by atoms with Crippen LogP contribution in [-0.2, 0) is 9.53 Å². The van der Waals surface area contributed by atoms with E-state index in [0.717, 1.165) is 5.56 Å². The number of ether oxygens (including phenoxy) is 1. The van der Waals surface area contributed by atoms with Gasteiger partial charge in [0.2, 0.25) is 5.95 Å². The highest BCUT2D eigenvalue weighted by Gasteiger charge is 2.34. The fraction of sp³-hybridized carbons (Fsp3) is 0.429. The molecule has 1 aliphatic rings. The van der Waals surface area contributed by atoms with Gasteiger partial charge in [-0.25, -0.2) is 4.68 Å². The molecule has 7 heteroatoms. The second-order valence-corrected chi connectivity index (χ2v) is 4.92. The number of anilines is 1. The number of pyridine rings is 1. The molecule has 2 atom stereocenters. The Morgan fingerprint density at radius 2 is 2.24 bits per heavy atom. The van der Waals surface area contributed by atoms with Crippen LogP contribution in [0.3, 0.4) is 0 Å². The van der Waals surface area contributed by atoms with E-state index in [2.05, 4.69) is 20.4 Å². The van der Waals surface area contributed by atoms with Crippen LogP contribution >= 0.6 is 0 Å². The summed E-state index contributed by atoms with van der Waals surface area (Å²) < 4.78 is 6.86. The van der Waals surface area contributed by atoms with E-state index in [1.807, 2.05) is 19.1 Å². The number of esters is 1. The van der Waals surface area contributed by atoms with Crippen molar-refractivity contribution in [2.45, 2.75) is 19.9 Å². The van der Waals surface area contributed by atoms with Crippen LogP contribution in [0.2, 0.25) is 0 Å². The minimum absolute atomic E-state index is 0.0941. The van der Waals surface area contributed by atoms with Crippen LogP contribution in [0.25, 0.3) is 11.4 Å². The molecule has 0 spiro atoms. The van der Waals surface area contributed by atoms with Crippen LogP contribution in [0.4, 0.5) is 5.95 Å². The monoisotopic (exact) mass is 287 g/mol. The van der Waals surface area contributed by atoms with Gasteiger partial charge in [0.1, 0.15) is 0 Å². The van der Waals surface area contributed by atoms with Gasteiger partial charge in [0, 0.05) is 24.5 Å². The number of carbonyl (C=O) groups excluding carboxylic acids is 1. The topological polar surface area (TPSA) is 81.9 Å². The third-order valence-corrected chi connectivity index (χ3v) is 3.61. The maximum Gasteiger partial charge on any atom is 0.312 e. The molecule has 0 aromatic carbocycles. The first-order valence-electron chi connectivity index (χ1n) is 6.98. The molecule has 0 bridgehead atoms. The molecule has 3 heterocycles. The van der Waals surface area contributed by atoms with Crippen LogP contribution in [0.15, 0.2) is 24.5 Å². The molecule has 3 rings (SSSR count). The van der Waals surface area contributed by atoms with E-state index in [4.69, 9.17) is 4.74 Å². The smallest absolute Gasteiger partial charge is 0.312 e. The Morgan fingerprint density at radius 3 is 2.95 bits per heavy atom. The van der Waals surface area contributed by atoms with E-state index in [1.165, 1.54) is 0 Å². The van der Waals surface area contributed by atoms with Gasteiger partial charge < -0.3 is 10.1 Å². The molecule has 2 unspecified atom stereocenters. The maximum atomic E-state index is 12.0. The van der Waals surface area contributed by atoms with Crippen molar-refractivity contribution in [2.24, 2.45) is 5.92 Å². The third kappa shape index (κ3) is 2.46. The molecule has 0 amide bonds. The summed E-state index contributed by atoms with van der Waals surface area (Å²) in [7, 11) is 0. The maximum absolute atomic E-state index is 12.0. The zero-order chi connectivity index (χ0) is 14.8. The van der Waals surface area contributed by atoms with Crippen molar-refractivity contribution in [3.05, 3.63) is 24.5 Å². The lowest BCUT2D eigenvalue weighted by Crippen LogP contribution is -2.37. The normalized spacial score (nSPS) is 20.5. The SMILES string of the molecule is CCOC(=O)C1CNc2nc(-c3ccncc3)nn2C1C. The van der Waals surface area contributed by atoms with Crippen molar-refractivity contribution < 1.29 is 9.53 Å². The largest absolute Gasteiger partial charge is 0.466 e. The molecule has 110 valence electrons. The molecule has 2 aromatic rings. The molecule has 0 radical (unpaired) electrons. The average Bonchev–Trinajstić information content (AvgIpc) is 2.94. The van der Waals surface area contributed by atoms with Gasteiger partial charge in [0.15, 0.2) is 5.82 Å². The molecule has 0 saturated carbocycles. The highest BCUT2D eigenvalue weighted by Crippen LogP contribution is 2.29. The standard InChI is InChI=1S/C14H17N5O2/c1-3-21-13(20)11-8-16-14-17-12(18-19(14)9(11)2)10-4-6-15-7-5-10/h4-7,9,11H,3,8H2,1-2H3,(H,16,17,18). The van der Waals surface area contributed by atoms with E-state index in [9.17, 15) is 4.79 Å². The Kier molecular flexibility index (Phi) is 3.55. The molecule has 2 aromatic heterocycles. The third-order valence-electron chi connectivity index (χ3n) is 3.61. The fourth-order valence-electron chi connectivity index (χ4n) is 2.42. The van der Waals surface area contributed by atoms with Crippen LogP contribution in [0, 0.1) is 5.92 Å². The quantitative estimate of drug-likeness (QED) is 0.862. The molecule has 0 fully saturated rings. The Hall–Kier alpha value is -2.44. The van der Waals surface area contributed by atoms with E-state index >= 15 is 0 Å². The van der Waals surface area contributed by atoms with Crippen LogP contribution in [0.5, 0.6) is 0 Å². The van der Waals surface area contributed by atoms with Crippen LogP contribution in [0.1, 0.15) is 19.9 Å². The molecule has 21 heavy (non-hydrogen) atoms. The number of nitrogens with one attached hydrogen (secondary N) is 1. The highest BCUT2D eigenvalue weighted by molar-refractivity contribution is 5.74. The van der Waals surface area contributed by atoms with Gasteiger partial charge in [0.25, 0.3) is 0 Å². The number of rotatable bonds is 3. The first-order chi connectivity index (χ1) is 10.2. The number of hydrogen-bond acceptors (Lipinski definition) is 6. The molecule has 1 aliphatic heterocycles. The van der Waals surface area contributed by atoms with E-state index in [-0.39, 0.29) is 17.9 Å². The van der Waals surface area contributed by atoms with Crippen LogP contribution < -0.4 is 5.32 Å². The predicted molar refractivity (Wildman–Crippen MR) is 76.6 cm³/mol. The summed E-state index contributed by atoms with van der Waals surface area (Å²) in [4.78, 5) is 20.4. The van der Waals surface area contributed by atoms with Crippen molar-refractivity contribution in [3.63, 3.8) is 0 Å². The molecular weight excluding hydrogens is 270 g/mol. The van der Waals surface area contributed by atoms with Gasteiger partial charge in [-0.1, -0.05) is 0 Å². The Bertz CT molecular complexity index is 640. The van der Waals surface area contributed by atoms with Gasteiger partial charge >= 0.3 is 5.97 Å². The molecule has 0 saturated heterocycles. The summed E-state index contributed by atoms with van der Waals surface area (Å²) in [6.45, 7) is 4.65. The average molecular weight is 287 g/mol. The van der Waals surface area contributed by atoms with E-state index in [0.29, 0.717) is 24.9 Å². The number of fused-ring (bicyclic) bond motifs is 1. The van der Waals surface area contributed by atoms with E-state index < -0.39 is 0 Å². The lowest BCUT2D eigenvalue weighted by molar-refractivity contribution is -0.149. The second kappa shape index (κ2) is 5.51. The zero-order valence-corrected chi connectivity index (χ0v) is 12.0. The van der Waals surface area contributed by atoms with Gasteiger partial charge in [-0.15, -0.1) is 5.10 Å². The Balaban J connectivity index is 1.89. The number of nitrogens with zero attached hydrogens (tertiary/aromatic N) is 4. The van der Waals surface area contributed by atoms with Crippen molar-refractivity contribution in [1.82, 2.24) is 19.7 Å². The van der Waals surface area contributed by atoms with Crippen molar-refractivity contribution >= 4 is 11.9 Å². The van der Waals surface area contributed by atoms with Crippen molar-refractivity contribution in [2.75, 3.05) is 18.5 Å². The number of aromatic nitrogens is 4. The summed E-state index contributed by atoms with van der Waals surface area (Å²) in [6.07, 6.45) is 3.40. The summed E-state index contributed by atoms with van der Waals surface area (Å²) >= 11 is 0. The van der Waals surface area contributed by atoms with Gasteiger partial charge in [0.05, 0.1) is 18.6 Å². The minimum Gasteiger partial charge on any atom is -0.466 e. The fourth-order valence-corrected chi connectivity index (χ4v) is 2.42. The highest BCUT2D eigenvalue weighted by atomic mass is 16.5. The first-order valence-corrected chi connectivity index (χ1v) is 6.98. The van der Waals surface area contributed by atoms with Gasteiger partial charge in [-0.2, -0.15) is 4.98 Å². The van der Waals surface area contributed by atoms with Gasteiger partial charge in [-0.05, 0) is 26.0 Å². The molecule has 0 aliphatic carbocycles. The summed E-state index contributed by atoms with van der Waals surface area (Å²) in [5.41, 5.74) is 0.897. The summed E-state index contributed by atoms with van der Waals surface area (Å²) in [6, 6.07) is 3.62. The van der Waals surface area contributed by atoms with E-state index in [1.54, 1.807) is 24.0 Å². The van der Waals surface area contributed by atoms with Crippen LogP contribution in [-0.4, -0.2) is 38.9 Å². The minimum atomic E-state index is -0.260. The second-order valence-electron chi connectivity index (χ2n) is 4.92. The Labute approximate surface area is 122 Å². The number of carbonyl (C=O) groups is 1. The van der Waals surface area contributed by atoms with Gasteiger partial charge in [-0.3, -0.25) is 9.78 Å². The zero-order valence-electron chi connectivity index (χ0n) is 12.0. The number of hydrogen-bond donors (Lipinski definition) is 1. The first kappa shape index (κ1) is 13.5. The van der Waals surface area contributed by atoms with Crippen molar-refractivity contribution in [1.29, 1.82) is 0 Å². The summed E-state index contributed by atoms with van der Waals surface area (Å²) in [5, 5.41) is 7.65.